The molecule has 2 aromatic rings. The molecular weight excluding hydrogens is 482 g/mol. The van der Waals surface area contributed by atoms with Gasteiger partial charge in [0, 0.05) is 37.7 Å². The number of carboxylic acids is 1. The number of carboxylic acid groups (broad SMARTS) is 1. The fraction of sp³-hybridized carbons (Fsp3) is 0.417. The number of hydrogen-bond acceptors (Lipinski definition) is 5. The first kappa shape index (κ1) is 26.6. The summed E-state index contributed by atoms with van der Waals surface area (Å²) in [6.07, 6.45) is 0.930. The van der Waals surface area contributed by atoms with Gasteiger partial charge in [-0.15, -0.1) is 0 Å². The molecule has 1 saturated heterocycles. The molecule has 1 heterocycles. The van der Waals surface area contributed by atoms with Gasteiger partial charge in [0.2, 0.25) is 15.9 Å². The van der Waals surface area contributed by atoms with E-state index in [0.29, 0.717) is 12.8 Å². The number of carbonyl (C=O) groups is 2. The predicted octanol–water partition coefficient (Wildman–Crippen LogP) is 3.38. The van der Waals surface area contributed by atoms with Crippen LogP contribution in [0, 0.1) is 17.0 Å². The van der Waals surface area contributed by atoms with Gasteiger partial charge in [0.05, 0.1) is 17.1 Å². The van der Waals surface area contributed by atoms with E-state index in [9.17, 15) is 26.8 Å². The first-order valence-corrected chi connectivity index (χ1v) is 12.6. The Hall–Kier alpha value is -3.05. The van der Waals surface area contributed by atoms with Crippen LogP contribution in [0.5, 0.6) is 5.75 Å². The van der Waals surface area contributed by atoms with E-state index in [2.05, 4.69) is 0 Å². The molecular formula is C24H28F2N2O6S. The lowest BCUT2D eigenvalue weighted by atomic mass is 9.86. The minimum atomic E-state index is -3.81. The standard InChI is InChI=1S/C24H28F2N2O6S/c1-24(2,10-3-15-34-21-9-6-18(25)16-20(21)26)23(31)27-11-13-28(14-12-27)35(32,33)19-7-4-17(5-8-19)22(29)30/h4-9,16H,3,10-15H2,1-2H3,(H,29,30). The Bertz CT molecular complexity index is 1180. The lowest BCUT2D eigenvalue weighted by Gasteiger charge is -2.38. The Morgan fingerprint density at radius 2 is 1.66 bits per heavy atom. The van der Waals surface area contributed by atoms with E-state index in [-0.39, 0.29) is 54.9 Å². The summed E-state index contributed by atoms with van der Waals surface area (Å²) in [6.45, 7) is 4.45. The smallest absolute Gasteiger partial charge is 0.335 e. The number of piperazine rings is 1. The average Bonchev–Trinajstić information content (AvgIpc) is 2.82. The molecule has 0 bridgehead atoms. The van der Waals surface area contributed by atoms with Crippen LogP contribution in [-0.4, -0.2) is 67.4 Å². The number of ether oxygens (including phenoxy) is 1. The number of carbonyl (C=O) groups excluding carboxylic acids is 1. The van der Waals surface area contributed by atoms with Gasteiger partial charge >= 0.3 is 5.97 Å². The van der Waals surface area contributed by atoms with Crippen molar-refractivity contribution in [2.24, 2.45) is 5.41 Å². The third kappa shape index (κ3) is 6.34. The second kappa shape index (κ2) is 10.7. The van der Waals surface area contributed by atoms with E-state index in [4.69, 9.17) is 9.84 Å². The van der Waals surface area contributed by atoms with Gasteiger partial charge in [-0.1, -0.05) is 13.8 Å². The molecule has 0 spiro atoms. The zero-order chi connectivity index (χ0) is 25.8. The van der Waals surface area contributed by atoms with E-state index < -0.39 is 33.0 Å². The van der Waals surface area contributed by atoms with Crippen LogP contribution in [0.1, 0.15) is 37.0 Å². The van der Waals surface area contributed by atoms with Crippen molar-refractivity contribution in [1.29, 1.82) is 0 Å². The number of amides is 1. The minimum absolute atomic E-state index is 0.000183. The lowest BCUT2D eigenvalue weighted by Crippen LogP contribution is -2.53. The molecule has 1 amide bonds. The molecule has 0 radical (unpaired) electrons. The summed E-state index contributed by atoms with van der Waals surface area (Å²) in [5, 5.41) is 8.98. The Morgan fingerprint density at radius 1 is 1.03 bits per heavy atom. The second-order valence-corrected chi connectivity index (χ2v) is 10.9. The number of benzene rings is 2. The monoisotopic (exact) mass is 510 g/mol. The largest absolute Gasteiger partial charge is 0.491 e. The highest BCUT2D eigenvalue weighted by Crippen LogP contribution is 2.28. The van der Waals surface area contributed by atoms with Crippen LogP contribution in [0.4, 0.5) is 8.78 Å². The highest BCUT2D eigenvalue weighted by Gasteiger charge is 2.36. The summed E-state index contributed by atoms with van der Waals surface area (Å²) in [7, 11) is -3.81. The molecule has 0 saturated carbocycles. The quantitative estimate of drug-likeness (QED) is 0.519. The van der Waals surface area contributed by atoms with Crippen molar-refractivity contribution in [3.8, 4) is 5.75 Å². The van der Waals surface area contributed by atoms with Crippen LogP contribution in [0.15, 0.2) is 47.4 Å². The van der Waals surface area contributed by atoms with Crippen molar-refractivity contribution in [3.63, 3.8) is 0 Å². The average molecular weight is 511 g/mol. The van der Waals surface area contributed by atoms with E-state index in [0.717, 1.165) is 12.1 Å². The topological polar surface area (TPSA) is 104 Å². The Kier molecular flexibility index (Phi) is 8.11. The van der Waals surface area contributed by atoms with Crippen LogP contribution < -0.4 is 4.74 Å². The maximum absolute atomic E-state index is 13.7. The van der Waals surface area contributed by atoms with Crippen LogP contribution >= 0.6 is 0 Å². The van der Waals surface area contributed by atoms with E-state index in [1.165, 1.54) is 34.6 Å². The van der Waals surface area contributed by atoms with Crippen molar-refractivity contribution in [2.45, 2.75) is 31.6 Å². The molecule has 1 fully saturated rings. The zero-order valence-corrected chi connectivity index (χ0v) is 20.4. The van der Waals surface area contributed by atoms with Crippen LogP contribution in [0.25, 0.3) is 0 Å². The van der Waals surface area contributed by atoms with Crippen molar-refractivity contribution < 1.29 is 36.6 Å². The molecule has 1 aliphatic rings. The molecule has 0 aliphatic carbocycles. The van der Waals surface area contributed by atoms with E-state index in [1.54, 1.807) is 18.7 Å². The molecule has 0 unspecified atom stereocenters. The van der Waals surface area contributed by atoms with Gasteiger partial charge in [0.15, 0.2) is 11.6 Å². The minimum Gasteiger partial charge on any atom is -0.491 e. The summed E-state index contributed by atoms with van der Waals surface area (Å²) >= 11 is 0. The SMILES string of the molecule is CC(C)(CCCOc1ccc(F)cc1F)C(=O)N1CCN(S(=O)(=O)c2ccc(C(=O)O)cc2)CC1. The van der Waals surface area contributed by atoms with Crippen molar-refractivity contribution in [3.05, 3.63) is 59.7 Å². The van der Waals surface area contributed by atoms with Crippen LogP contribution in [0.3, 0.4) is 0 Å². The molecule has 0 aromatic heterocycles. The second-order valence-electron chi connectivity index (χ2n) is 8.94. The van der Waals surface area contributed by atoms with Gasteiger partial charge in [0.25, 0.3) is 0 Å². The van der Waals surface area contributed by atoms with Crippen molar-refractivity contribution >= 4 is 21.9 Å². The number of hydrogen-bond donors (Lipinski definition) is 1. The molecule has 0 atom stereocenters. The Balaban J connectivity index is 1.51. The van der Waals surface area contributed by atoms with Gasteiger partial charge in [-0.3, -0.25) is 4.79 Å². The van der Waals surface area contributed by atoms with Gasteiger partial charge in [-0.05, 0) is 49.2 Å². The fourth-order valence-corrected chi connectivity index (χ4v) is 5.30. The summed E-state index contributed by atoms with van der Waals surface area (Å²) in [5.74, 6) is -2.78. The highest BCUT2D eigenvalue weighted by atomic mass is 32.2. The van der Waals surface area contributed by atoms with Crippen LogP contribution in [0.2, 0.25) is 0 Å². The fourth-order valence-electron chi connectivity index (χ4n) is 3.87. The lowest BCUT2D eigenvalue weighted by molar-refractivity contribution is -0.142. The van der Waals surface area contributed by atoms with Crippen molar-refractivity contribution in [2.75, 3.05) is 32.8 Å². The van der Waals surface area contributed by atoms with Gasteiger partial charge < -0.3 is 14.7 Å². The van der Waals surface area contributed by atoms with E-state index in [1.807, 2.05) is 0 Å². The van der Waals surface area contributed by atoms with E-state index >= 15 is 0 Å². The number of rotatable bonds is 9. The molecule has 1 aliphatic heterocycles. The maximum atomic E-state index is 13.7. The van der Waals surface area contributed by atoms with Gasteiger partial charge in [0.1, 0.15) is 5.82 Å². The summed E-state index contributed by atoms with van der Waals surface area (Å²) < 4.78 is 59.1. The molecule has 35 heavy (non-hydrogen) atoms. The number of nitrogens with zero attached hydrogens (tertiary/aromatic N) is 2. The first-order valence-electron chi connectivity index (χ1n) is 11.1. The summed E-state index contributed by atoms with van der Waals surface area (Å²) in [4.78, 5) is 25.7. The summed E-state index contributed by atoms with van der Waals surface area (Å²) in [5.41, 5.74) is -0.743. The number of sulfonamides is 1. The Labute approximate surface area is 203 Å². The Morgan fingerprint density at radius 3 is 2.23 bits per heavy atom. The molecule has 2 aromatic carbocycles. The third-order valence-corrected chi connectivity index (χ3v) is 7.85. The number of halogens is 2. The third-order valence-electron chi connectivity index (χ3n) is 5.94. The van der Waals surface area contributed by atoms with Crippen LogP contribution in [-0.2, 0) is 14.8 Å². The molecule has 190 valence electrons. The highest BCUT2D eigenvalue weighted by molar-refractivity contribution is 7.89. The predicted molar refractivity (Wildman–Crippen MR) is 124 cm³/mol. The normalized spacial score (nSPS) is 15.1. The maximum Gasteiger partial charge on any atom is 0.335 e. The zero-order valence-electron chi connectivity index (χ0n) is 19.5. The number of aromatic carboxylic acids is 1. The molecule has 3 rings (SSSR count). The summed E-state index contributed by atoms with van der Waals surface area (Å²) in [6, 6.07) is 8.08. The van der Waals surface area contributed by atoms with Gasteiger partial charge in [-0.25, -0.2) is 22.0 Å². The molecule has 1 N–H and O–H groups in total. The first-order chi connectivity index (χ1) is 16.4. The molecule has 8 nitrogen and oxygen atoms in total. The molecule has 11 heteroatoms. The van der Waals surface area contributed by atoms with Crippen molar-refractivity contribution in [1.82, 2.24) is 9.21 Å². The van der Waals surface area contributed by atoms with Gasteiger partial charge in [-0.2, -0.15) is 4.31 Å².